The highest BCUT2D eigenvalue weighted by atomic mass is 32.1. The maximum atomic E-state index is 13.7. The number of rotatable bonds is 4. The molecular weight excluding hydrogens is 699 g/mol. The molecule has 0 bridgehead atoms. The first kappa shape index (κ1) is 27.0. The van der Waals surface area contributed by atoms with Crippen molar-refractivity contribution >= 4 is 120 Å². The van der Waals surface area contributed by atoms with Crippen LogP contribution in [0.2, 0.25) is 0 Å². The van der Waals surface area contributed by atoms with Crippen molar-refractivity contribution in [2.24, 2.45) is 0 Å². The number of hydrogen-bond donors (Lipinski definition) is 0. The molecule has 0 radical (unpaired) electrons. The Morgan fingerprint density at radius 3 is 1.28 bits per heavy atom. The van der Waals surface area contributed by atoms with Crippen molar-refractivity contribution in [3.63, 3.8) is 0 Å². The zero-order chi connectivity index (χ0) is 30.5. The molecule has 0 unspecified atom stereocenters. The minimum atomic E-state index is -0.268. The first-order valence-corrected chi connectivity index (χ1v) is 18.6. The van der Waals surface area contributed by atoms with Gasteiger partial charge in [0.05, 0.1) is 50.6 Å². The van der Waals surface area contributed by atoms with E-state index in [1.807, 2.05) is 12.4 Å². The van der Waals surface area contributed by atoms with Crippen LogP contribution in [0.5, 0.6) is 0 Å². The maximum Gasteiger partial charge on any atom is 0.153 e. The van der Waals surface area contributed by atoms with Gasteiger partial charge in [-0.1, -0.05) is 0 Å². The first-order valence-electron chi connectivity index (χ1n) is 13.7. The predicted molar refractivity (Wildman–Crippen MR) is 190 cm³/mol. The van der Waals surface area contributed by atoms with Crippen molar-refractivity contribution < 1.29 is 8.78 Å². The highest BCUT2D eigenvalue weighted by Gasteiger charge is 2.18. The fourth-order valence-electron chi connectivity index (χ4n) is 5.23. The number of thiazole rings is 6. The van der Waals surface area contributed by atoms with Gasteiger partial charge in [0.2, 0.25) is 0 Å². The van der Waals surface area contributed by atoms with Crippen molar-refractivity contribution in [3.8, 4) is 39.8 Å². The summed E-state index contributed by atoms with van der Waals surface area (Å²) in [6, 6.07) is 17.9. The zero-order valence-electron chi connectivity index (χ0n) is 22.8. The molecule has 220 valence electrons. The van der Waals surface area contributed by atoms with Crippen LogP contribution < -0.4 is 0 Å². The van der Waals surface area contributed by atoms with Crippen LogP contribution in [0.1, 0.15) is 0 Å². The largest absolute Gasteiger partial charge is 0.241 e. The highest BCUT2D eigenvalue weighted by Crippen LogP contribution is 2.42. The predicted octanol–water partition coefficient (Wildman–Crippen LogP) is 11.1. The van der Waals surface area contributed by atoms with Crippen LogP contribution in [0.3, 0.4) is 0 Å². The summed E-state index contributed by atoms with van der Waals surface area (Å²) < 4.78 is 31.1. The molecular formula is C32H12F2N6S6. The molecule has 10 rings (SSSR count). The molecule has 0 saturated heterocycles. The topological polar surface area (TPSA) is 77.3 Å². The van der Waals surface area contributed by atoms with Gasteiger partial charge in [-0.3, -0.25) is 0 Å². The van der Waals surface area contributed by atoms with Gasteiger partial charge in [0.25, 0.3) is 0 Å². The Kier molecular flexibility index (Phi) is 5.96. The standard InChI is InChI=1S/C32H12F2N6S6/c33-15-1-3-17-23(9-15)43-31(37-17)29-35-11-25(45-29)27-39-19-5-13-8-22-20(6-14(13)7-21(19)41-27)40-28(42-22)26-12-36-30(46-26)32-38-18-4-2-16(34)10-24(18)44-32/h1-12H. The van der Waals surface area contributed by atoms with E-state index in [1.54, 1.807) is 57.5 Å². The van der Waals surface area contributed by atoms with Crippen LogP contribution in [0.25, 0.3) is 91.4 Å². The third kappa shape index (κ3) is 4.47. The Morgan fingerprint density at radius 2 is 0.804 bits per heavy atom. The van der Waals surface area contributed by atoms with E-state index >= 15 is 0 Å². The van der Waals surface area contributed by atoms with E-state index in [-0.39, 0.29) is 11.6 Å². The number of fused-ring (bicyclic) bond motifs is 5. The average molecular weight is 711 g/mol. The lowest BCUT2D eigenvalue weighted by molar-refractivity contribution is 0.629. The van der Waals surface area contributed by atoms with E-state index in [0.29, 0.717) is 0 Å². The highest BCUT2D eigenvalue weighted by molar-refractivity contribution is 7.30. The molecule has 0 saturated carbocycles. The Balaban J connectivity index is 0.968. The lowest BCUT2D eigenvalue weighted by Crippen LogP contribution is -1.76. The molecule has 0 fully saturated rings. The third-order valence-electron chi connectivity index (χ3n) is 7.35. The smallest absolute Gasteiger partial charge is 0.153 e. The van der Waals surface area contributed by atoms with Gasteiger partial charge in [-0.15, -0.1) is 68.0 Å². The normalized spacial score (nSPS) is 12.1. The molecule has 0 aliphatic rings. The summed E-state index contributed by atoms with van der Waals surface area (Å²) in [5.41, 5.74) is 3.41. The summed E-state index contributed by atoms with van der Waals surface area (Å²) in [5.74, 6) is -0.535. The van der Waals surface area contributed by atoms with Crippen molar-refractivity contribution in [2.75, 3.05) is 0 Å². The average Bonchev–Trinajstić information content (AvgIpc) is 3.87. The summed E-state index contributed by atoms with van der Waals surface area (Å²) in [6.07, 6.45) is 3.68. The van der Waals surface area contributed by atoms with Crippen LogP contribution in [-0.2, 0) is 0 Å². The molecule has 6 heterocycles. The molecule has 0 amide bonds. The Hall–Kier alpha value is -4.18. The van der Waals surface area contributed by atoms with Gasteiger partial charge in [-0.2, -0.15) is 0 Å². The Morgan fingerprint density at radius 1 is 0.391 bits per heavy atom. The lowest BCUT2D eigenvalue weighted by Gasteiger charge is -1.97. The monoisotopic (exact) mass is 710 g/mol. The summed E-state index contributed by atoms with van der Waals surface area (Å²) in [5, 5.41) is 7.16. The second-order valence-corrected chi connectivity index (χ2v) is 16.5. The molecule has 0 aliphatic carbocycles. The van der Waals surface area contributed by atoms with Gasteiger partial charge in [0.15, 0.2) is 20.0 Å². The van der Waals surface area contributed by atoms with Gasteiger partial charge in [-0.25, -0.2) is 38.7 Å². The SMILES string of the molecule is Fc1ccc2nc(-c3ncc(-c4nc5cc6cc7sc(-c8cnc(-c9nc%10ccc(F)cc%10s9)s8)nc7cc6cc5s4)s3)sc2c1. The third-order valence-corrected chi connectivity index (χ3v) is 14.0. The van der Waals surface area contributed by atoms with E-state index < -0.39 is 0 Å². The Labute approximate surface area is 281 Å². The van der Waals surface area contributed by atoms with Gasteiger partial charge in [-0.05, 0) is 71.4 Å². The van der Waals surface area contributed by atoms with Crippen LogP contribution >= 0.6 is 68.0 Å². The molecule has 0 N–H and O–H groups in total. The Bertz CT molecular complexity index is 2560. The zero-order valence-corrected chi connectivity index (χ0v) is 27.7. The lowest BCUT2D eigenvalue weighted by atomic mass is 10.1. The number of aromatic nitrogens is 6. The quantitative estimate of drug-likeness (QED) is 0.181. The van der Waals surface area contributed by atoms with Gasteiger partial charge < -0.3 is 0 Å². The molecule has 0 spiro atoms. The van der Waals surface area contributed by atoms with E-state index in [1.165, 1.54) is 46.9 Å². The van der Waals surface area contributed by atoms with Crippen molar-refractivity contribution in [1.29, 1.82) is 0 Å². The molecule has 4 aromatic carbocycles. The van der Waals surface area contributed by atoms with E-state index in [4.69, 9.17) is 9.97 Å². The molecule has 6 nitrogen and oxygen atoms in total. The molecule has 14 heteroatoms. The second kappa shape index (κ2) is 10.2. The van der Waals surface area contributed by atoms with Crippen LogP contribution in [-0.4, -0.2) is 29.9 Å². The summed E-state index contributed by atoms with van der Waals surface area (Å²) in [4.78, 5) is 30.4. The van der Waals surface area contributed by atoms with Gasteiger partial charge in [0.1, 0.15) is 21.6 Å². The van der Waals surface area contributed by atoms with E-state index in [0.717, 1.165) is 91.4 Å². The molecule has 46 heavy (non-hydrogen) atoms. The van der Waals surface area contributed by atoms with Gasteiger partial charge >= 0.3 is 0 Å². The fraction of sp³-hybridized carbons (Fsp3) is 0. The second-order valence-electron chi connectivity index (χ2n) is 10.3. The fourth-order valence-corrected chi connectivity index (χ4v) is 11.2. The minimum Gasteiger partial charge on any atom is -0.241 e. The van der Waals surface area contributed by atoms with Gasteiger partial charge in [0, 0.05) is 12.4 Å². The summed E-state index contributed by atoms with van der Waals surface area (Å²) >= 11 is 9.23. The summed E-state index contributed by atoms with van der Waals surface area (Å²) in [7, 11) is 0. The molecule has 0 aliphatic heterocycles. The molecule has 6 aromatic heterocycles. The minimum absolute atomic E-state index is 0.268. The maximum absolute atomic E-state index is 13.7. The van der Waals surface area contributed by atoms with Crippen LogP contribution in [0.4, 0.5) is 8.78 Å². The van der Waals surface area contributed by atoms with E-state index in [9.17, 15) is 8.78 Å². The van der Waals surface area contributed by atoms with Crippen molar-refractivity contribution in [1.82, 2.24) is 29.9 Å². The van der Waals surface area contributed by atoms with Crippen LogP contribution in [0.15, 0.2) is 73.1 Å². The number of nitrogens with zero attached hydrogens (tertiary/aromatic N) is 6. The van der Waals surface area contributed by atoms with E-state index in [2.05, 4.69) is 44.2 Å². The number of halogens is 2. The van der Waals surface area contributed by atoms with Crippen LogP contribution in [0, 0.1) is 11.6 Å². The number of benzene rings is 4. The number of hydrogen-bond acceptors (Lipinski definition) is 12. The van der Waals surface area contributed by atoms with Crippen molar-refractivity contribution in [3.05, 3.63) is 84.7 Å². The molecule has 10 aromatic rings. The first-order chi connectivity index (χ1) is 22.5. The van der Waals surface area contributed by atoms with Crippen molar-refractivity contribution in [2.45, 2.75) is 0 Å². The molecule has 0 atom stereocenters. The summed E-state index contributed by atoms with van der Waals surface area (Å²) in [6.45, 7) is 0.